The molecule has 0 bridgehead atoms. The highest BCUT2D eigenvalue weighted by Crippen LogP contribution is 2.18. The second kappa shape index (κ2) is 4.53. The minimum absolute atomic E-state index is 0.117. The van der Waals surface area contributed by atoms with Crippen LogP contribution in [0.3, 0.4) is 0 Å². The zero-order valence-electron chi connectivity index (χ0n) is 8.27. The second-order valence-electron chi connectivity index (χ2n) is 3.50. The minimum atomic E-state index is -0.117. The average molecular weight is 223 g/mol. The molecule has 5 heteroatoms. The summed E-state index contributed by atoms with van der Waals surface area (Å²) in [6.07, 6.45) is 4.13. The number of amides is 1. The van der Waals surface area contributed by atoms with Gasteiger partial charge in [0.1, 0.15) is 0 Å². The number of nitrogens with one attached hydrogen (secondary N) is 1. The predicted molar refractivity (Wildman–Crippen MR) is 61.8 cm³/mol. The van der Waals surface area contributed by atoms with Crippen molar-refractivity contribution in [3.8, 4) is 0 Å². The fourth-order valence-electron chi connectivity index (χ4n) is 1.51. The van der Waals surface area contributed by atoms with Crippen molar-refractivity contribution >= 4 is 23.4 Å². The summed E-state index contributed by atoms with van der Waals surface area (Å²) in [5.74, 6) is 1.99. The van der Waals surface area contributed by atoms with Crippen molar-refractivity contribution < 1.29 is 4.79 Å². The summed E-state index contributed by atoms with van der Waals surface area (Å²) in [5, 5.41) is 2.96. The van der Waals surface area contributed by atoms with Gasteiger partial charge in [-0.25, -0.2) is 0 Å². The maximum atomic E-state index is 11.8. The monoisotopic (exact) mass is 223 g/mol. The van der Waals surface area contributed by atoms with Gasteiger partial charge in [0.25, 0.3) is 5.91 Å². The number of aromatic nitrogens is 1. The number of rotatable bonds is 2. The number of hydrogen-bond acceptors (Lipinski definition) is 4. The molecule has 1 aromatic rings. The van der Waals surface area contributed by atoms with Crippen LogP contribution in [0.1, 0.15) is 16.8 Å². The molecule has 4 nitrogen and oxygen atoms in total. The molecule has 1 unspecified atom stereocenters. The Morgan fingerprint density at radius 1 is 1.67 bits per heavy atom. The van der Waals surface area contributed by atoms with E-state index < -0.39 is 0 Å². The van der Waals surface area contributed by atoms with E-state index in [2.05, 4.69) is 10.3 Å². The molecule has 0 spiro atoms. The van der Waals surface area contributed by atoms with Crippen molar-refractivity contribution in [2.24, 2.45) is 0 Å². The molecule has 1 saturated heterocycles. The number of hydrogen-bond donors (Lipinski definition) is 2. The zero-order chi connectivity index (χ0) is 10.7. The second-order valence-corrected chi connectivity index (χ2v) is 4.65. The Balaban J connectivity index is 2.04. The van der Waals surface area contributed by atoms with Crippen LogP contribution in [0.15, 0.2) is 18.5 Å². The van der Waals surface area contributed by atoms with E-state index in [4.69, 9.17) is 5.73 Å². The molecule has 2 rings (SSSR count). The van der Waals surface area contributed by atoms with Gasteiger partial charge in [0, 0.05) is 29.9 Å². The van der Waals surface area contributed by atoms with Crippen LogP contribution in [-0.4, -0.2) is 28.4 Å². The molecule has 15 heavy (non-hydrogen) atoms. The molecule has 0 radical (unpaired) electrons. The lowest BCUT2D eigenvalue weighted by atomic mass is 10.2. The lowest BCUT2D eigenvalue weighted by Crippen LogP contribution is -2.35. The van der Waals surface area contributed by atoms with Crippen LogP contribution in [0.5, 0.6) is 0 Å². The van der Waals surface area contributed by atoms with Gasteiger partial charge in [0.05, 0.1) is 5.56 Å². The summed E-state index contributed by atoms with van der Waals surface area (Å²) in [4.78, 5) is 15.7. The molecule has 1 amide bonds. The van der Waals surface area contributed by atoms with E-state index in [0.717, 1.165) is 17.9 Å². The number of nitrogens with zero attached hydrogens (tertiary/aromatic N) is 1. The minimum Gasteiger partial charge on any atom is -0.398 e. The highest BCUT2D eigenvalue weighted by Gasteiger charge is 2.19. The molecule has 0 saturated carbocycles. The lowest BCUT2D eigenvalue weighted by Gasteiger charge is -2.11. The van der Waals surface area contributed by atoms with Gasteiger partial charge in [-0.15, -0.1) is 0 Å². The maximum Gasteiger partial charge on any atom is 0.255 e. The van der Waals surface area contributed by atoms with E-state index in [1.807, 2.05) is 11.8 Å². The van der Waals surface area contributed by atoms with Gasteiger partial charge >= 0.3 is 0 Å². The van der Waals surface area contributed by atoms with Crippen molar-refractivity contribution in [1.29, 1.82) is 0 Å². The van der Waals surface area contributed by atoms with E-state index >= 15 is 0 Å². The molecular weight excluding hydrogens is 210 g/mol. The van der Waals surface area contributed by atoms with Crippen molar-refractivity contribution in [2.45, 2.75) is 12.5 Å². The Hall–Kier alpha value is -1.23. The molecule has 0 aromatic carbocycles. The van der Waals surface area contributed by atoms with E-state index in [1.165, 1.54) is 6.20 Å². The van der Waals surface area contributed by atoms with Gasteiger partial charge in [0.15, 0.2) is 0 Å². The quantitative estimate of drug-likeness (QED) is 0.781. The first-order chi connectivity index (χ1) is 7.27. The topological polar surface area (TPSA) is 68.0 Å². The number of anilines is 1. The van der Waals surface area contributed by atoms with Crippen LogP contribution in [0, 0.1) is 0 Å². The first-order valence-electron chi connectivity index (χ1n) is 4.85. The SMILES string of the molecule is Nc1ccncc1C(=O)NC1CCSC1. The van der Waals surface area contributed by atoms with Crippen molar-refractivity contribution in [2.75, 3.05) is 17.2 Å². The van der Waals surface area contributed by atoms with E-state index in [9.17, 15) is 4.79 Å². The molecule has 3 N–H and O–H groups in total. The number of nitrogens with two attached hydrogens (primary N) is 1. The van der Waals surface area contributed by atoms with Gasteiger partial charge in [-0.3, -0.25) is 9.78 Å². The summed E-state index contributed by atoms with van der Waals surface area (Å²) in [6, 6.07) is 1.92. The number of carbonyl (C=O) groups is 1. The van der Waals surface area contributed by atoms with Gasteiger partial charge in [-0.1, -0.05) is 0 Å². The maximum absolute atomic E-state index is 11.8. The molecule has 1 atom stereocenters. The summed E-state index contributed by atoms with van der Waals surface area (Å²) in [6.45, 7) is 0. The number of carbonyl (C=O) groups excluding carboxylic acids is 1. The van der Waals surface area contributed by atoms with Crippen LogP contribution in [0.4, 0.5) is 5.69 Å². The van der Waals surface area contributed by atoms with E-state index in [-0.39, 0.29) is 11.9 Å². The lowest BCUT2D eigenvalue weighted by molar-refractivity contribution is 0.0941. The van der Waals surface area contributed by atoms with Gasteiger partial charge in [-0.2, -0.15) is 11.8 Å². The fourth-order valence-corrected chi connectivity index (χ4v) is 2.66. The summed E-state index contributed by atoms with van der Waals surface area (Å²) < 4.78 is 0. The highest BCUT2D eigenvalue weighted by molar-refractivity contribution is 7.99. The van der Waals surface area contributed by atoms with Crippen LogP contribution in [-0.2, 0) is 0 Å². The first kappa shape index (κ1) is 10.3. The molecular formula is C10H13N3OS. The molecule has 80 valence electrons. The molecule has 1 aliphatic heterocycles. The predicted octanol–water partition coefficient (Wildman–Crippen LogP) is 0.899. The largest absolute Gasteiger partial charge is 0.398 e. The van der Waals surface area contributed by atoms with Crippen LogP contribution >= 0.6 is 11.8 Å². The number of nitrogen functional groups attached to an aromatic ring is 1. The number of pyridine rings is 1. The Morgan fingerprint density at radius 2 is 2.53 bits per heavy atom. The van der Waals surface area contributed by atoms with E-state index in [1.54, 1.807) is 12.3 Å². The van der Waals surface area contributed by atoms with Crippen molar-refractivity contribution in [1.82, 2.24) is 10.3 Å². The zero-order valence-corrected chi connectivity index (χ0v) is 9.09. The van der Waals surface area contributed by atoms with E-state index in [0.29, 0.717) is 11.3 Å². The third-order valence-corrected chi connectivity index (χ3v) is 3.53. The van der Waals surface area contributed by atoms with Crippen LogP contribution < -0.4 is 11.1 Å². The highest BCUT2D eigenvalue weighted by atomic mass is 32.2. The Kier molecular flexibility index (Phi) is 3.11. The fraction of sp³-hybridized carbons (Fsp3) is 0.400. The third kappa shape index (κ3) is 2.41. The molecule has 1 aromatic heterocycles. The van der Waals surface area contributed by atoms with Gasteiger partial charge < -0.3 is 11.1 Å². The van der Waals surface area contributed by atoms with Gasteiger partial charge in [0.2, 0.25) is 0 Å². The van der Waals surface area contributed by atoms with Gasteiger partial charge in [-0.05, 0) is 18.2 Å². The number of thioether (sulfide) groups is 1. The standard InChI is InChI=1S/C10H13N3OS/c11-9-1-3-12-5-8(9)10(14)13-7-2-4-15-6-7/h1,3,5,7H,2,4,6H2,(H2,11,12)(H,13,14). The molecule has 2 heterocycles. The molecule has 1 aliphatic rings. The average Bonchev–Trinajstić information content (AvgIpc) is 2.71. The first-order valence-corrected chi connectivity index (χ1v) is 6.01. The van der Waals surface area contributed by atoms with Crippen LogP contribution in [0.25, 0.3) is 0 Å². The Bertz CT molecular complexity index is 363. The van der Waals surface area contributed by atoms with Crippen molar-refractivity contribution in [3.63, 3.8) is 0 Å². The van der Waals surface area contributed by atoms with Crippen LogP contribution in [0.2, 0.25) is 0 Å². The molecule has 0 aliphatic carbocycles. The Morgan fingerprint density at radius 3 is 3.20 bits per heavy atom. The Labute approximate surface area is 92.6 Å². The van der Waals surface area contributed by atoms with Crippen molar-refractivity contribution in [3.05, 3.63) is 24.0 Å². The smallest absolute Gasteiger partial charge is 0.255 e. The normalized spacial score (nSPS) is 20.1. The summed E-state index contributed by atoms with van der Waals surface area (Å²) in [5.41, 5.74) is 6.64. The summed E-state index contributed by atoms with van der Waals surface area (Å²) in [7, 11) is 0. The molecule has 1 fully saturated rings. The third-order valence-electron chi connectivity index (χ3n) is 2.36. The summed E-state index contributed by atoms with van der Waals surface area (Å²) >= 11 is 1.86.